The molecule has 0 aliphatic carbocycles. The van der Waals surface area contributed by atoms with Gasteiger partial charge in [-0.1, -0.05) is 73.4 Å². The topological polar surface area (TPSA) is 0 Å². The van der Waals surface area contributed by atoms with Gasteiger partial charge in [-0.3, -0.25) is 0 Å². The quantitative estimate of drug-likeness (QED) is 0.644. The molecule has 2 aromatic carbocycles. The third-order valence-electron chi connectivity index (χ3n) is 2.42. The molecule has 0 heterocycles. The molecular weight excluding hydrogens is 192 g/mol. The van der Waals surface area contributed by atoms with Crippen LogP contribution in [-0.4, -0.2) is 0 Å². The van der Waals surface area contributed by atoms with Crippen molar-refractivity contribution >= 4 is 16.8 Å². The molecule has 0 nitrogen and oxygen atoms in total. The van der Waals surface area contributed by atoms with E-state index in [1.807, 2.05) is 18.2 Å². The van der Waals surface area contributed by atoms with Crippen LogP contribution < -0.4 is 0 Å². The summed E-state index contributed by atoms with van der Waals surface area (Å²) in [6, 6.07) is 14.8. The number of benzene rings is 2. The molecular formula is C16H14. The van der Waals surface area contributed by atoms with Crippen molar-refractivity contribution in [3.63, 3.8) is 0 Å². The van der Waals surface area contributed by atoms with Crippen LogP contribution in [0, 0.1) is 0 Å². The van der Waals surface area contributed by atoms with E-state index in [0.29, 0.717) is 0 Å². The van der Waals surface area contributed by atoms with Gasteiger partial charge in [0.15, 0.2) is 0 Å². The van der Waals surface area contributed by atoms with Gasteiger partial charge in [0.05, 0.1) is 0 Å². The van der Waals surface area contributed by atoms with E-state index in [1.165, 1.54) is 16.3 Å². The first kappa shape index (κ1) is 10.4. The lowest BCUT2D eigenvalue weighted by atomic mass is 10.1. The van der Waals surface area contributed by atoms with E-state index in [1.54, 1.807) is 6.08 Å². The highest BCUT2D eigenvalue weighted by atomic mass is 14.0. The normalized spacial score (nSPS) is 11.5. The van der Waals surface area contributed by atoms with Crippen molar-refractivity contribution in [2.45, 2.75) is 0 Å². The summed E-state index contributed by atoms with van der Waals surface area (Å²) in [4.78, 5) is 0. The molecule has 0 amide bonds. The molecule has 0 spiro atoms. The summed E-state index contributed by atoms with van der Waals surface area (Å²) >= 11 is 0. The summed E-state index contributed by atoms with van der Waals surface area (Å²) in [6.45, 7) is 3.63. The number of allylic oxidation sites excluding steroid dienone is 4. The van der Waals surface area contributed by atoms with Crippen molar-refractivity contribution in [1.82, 2.24) is 0 Å². The van der Waals surface area contributed by atoms with E-state index in [9.17, 15) is 0 Å². The number of hydrogen-bond acceptors (Lipinski definition) is 0. The third kappa shape index (κ3) is 2.48. The van der Waals surface area contributed by atoms with Crippen molar-refractivity contribution in [1.29, 1.82) is 0 Å². The Bertz CT molecular complexity index is 545. The van der Waals surface area contributed by atoms with Crippen LogP contribution in [0.5, 0.6) is 0 Å². The van der Waals surface area contributed by atoms with E-state index in [2.05, 4.69) is 55.1 Å². The van der Waals surface area contributed by atoms with Gasteiger partial charge >= 0.3 is 0 Å². The Morgan fingerprint density at radius 3 is 2.44 bits per heavy atom. The van der Waals surface area contributed by atoms with Crippen LogP contribution in [0.25, 0.3) is 16.8 Å². The van der Waals surface area contributed by atoms with Crippen LogP contribution in [0.1, 0.15) is 5.56 Å². The van der Waals surface area contributed by atoms with Gasteiger partial charge in [-0.2, -0.15) is 0 Å². The maximum absolute atomic E-state index is 3.63. The van der Waals surface area contributed by atoms with Crippen LogP contribution in [0.3, 0.4) is 0 Å². The zero-order valence-corrected chi connectivity index (χ0v) is 9.14. The van der Waals surface area contributed by atoms with Gasteiger partial charge in [0.25, 0.3) is 0 Å². The molecule has 0 aliphatic rings. The minimum Gasteiger partial charge on any atom is -0.0991 e. The first-order valence-electron chi connectivity index (χ1n) is 5.35. The standard InChI is InChI=1S/C16H14/c1-2-3-4-5-8-14-11-12-15-9-6-7-10-16(15)13-14/h2-13H,1H2. The number of rotatable bonds is 3. The molecule has 78 valence electrons. The summed E-state index contributed by atoms with van der Waals surface area (Å²) in [6.07, 6.45) is 9.77. The number of hydrogen-bond donors (Lipinski definition) is 0. The van der Waals surface area contributed by atoms with Gasteiger partial charge in [0.2, 0.25) is 0 Å². The molecule has 0 bridgehead atoms. The van der Waals surface area contributed by atoms with Crippen LogP contribution >= 0.6 is 0 Å². The summed E-state index contributed by atoms with van der Waals surface area (Å²) < 4.78 is 0. The summed E-state index contributed by atoms with van der Waals surface area (Å²) in [7, 11) is 0. The monoisotopic (exact) mass is 206 g/mol. The number of fused-ring (bicyclic) bond motifs is 1. The van der Waals surface area contributed by atoms with Crippen LogP contribution in [-0.2, 0) is 0 Å². The highest BCUT2D eigenvalue weighted by Crippen LogP contribution is 2.16. The lowest BCUT2D eigenvalue weighted by Gasteiger charge is -1.98. The lowest BCUT2D eigenvalue weighted by molar-refractivity contribution is 1.70. The Morgan fingerprint density at radius 2 is 1.62 bits per heavy atom. The molecule has 0 heteroatoms. The largest absolute Gasteiger partial charge is 0.0991 e. The van der Waals surface area contributed by atoms with Gasteiger partial charge in [-0.25, -0.2) is 0 Å². The Labute approximate surface area is 96.2 Å². The van der Waals surface area contributed by atoms with E-state index < -0.39 is 0 Å². The van der Waals surface area contributed by atoms with Crippen molar-refractivity contribution in [3.05, 3.63) is 78.9 Å². The first-order valence-corrected chi connectivity index (χ1v) is 5.35. The van der Waals surface area contributed by atoms with Gasteiger partial charge in [0.1, 0.15) is 0 Å². The Balaban J connectivity index is 2.29. The molecule has 0 unspecified atom stereocenters. The van der Waals surface area contributed by atoms with Crippen molar-refractivity contribution < 1.29 is 0 Å². The molecule has 0 saturated heterocycles. The summed E-state index contributed by atoms with van der Waals surface area (Å²) in [5.74, 6) is 0. The van der Waals surface area contributed by atoms with E-state index in [-0.39, 0.29) is 0 Å². The second-order valence-electron chi connectivity index (χ2n) is 3.59. The van der Waals surface area contributed by atoms with Gasteiger partial charge in [0, 0.05) is 0 Å². The molecule has 0 aromatic heterocycles. The molecule has 0 fully saturated rings. The maximum atomic E-state index is 3.63. The molecule has 0 radical (unpaired) electrons. The minimum absolute atomic E-state index is 1.22. The van der Waals surface area contributed by atoms with E-state index >= 15 is 0 Å². The van der Waals surface area contributed by atoms with Crippen LogP contribution in [0.4, 0.5) is 0 Å². The van der Waals surface area contributed by atoms with Crippen molar-refractivity contribution in [2.24, 2.45) is 0 Å². The van der Waals surface area contributed by atoms with Crippen molar-refractivity contribution in [3.8, 4) is 0 Å². The fraction of sp³-hybridized carbons (Fsp3) is 0. The van der Waals surface area contributed by atoms with Crippen LogP contribution in [0.2, 0.25) is 0 Å². The molecule has 0 aliphatic heterocycles. The second-order valence-corrected chi connectivity index (χ2v) is 3.59. The molecule has 0 saturated carbocycles. The fourth-order valence-corrected chi connectivity index (χ4v) is 1.62. The minimum atomic E-state index is 1.22. The van der Waals surface area contributed by atoms with E-state index in [4.69, 9.17) is 0 Å². The molecule has 0 N–H and O–H groups in total. The van der Waals surface area contributed by atoms with Gasteiger partial charge < -0.3 is 0 Å². The molecule has 0 atom stereocenters. The van der Waals surface area contributed by atoms with Crippen LogP contribution in [0.15, 0.2) is 73.3 Å². The molecule has 16 heavy (non-hydrogen) atoms. The third-order valence-corrected chi connectivity index (χ3v) is 2.42. The highest BCUT2D eigenvalue weighted by Gasteiger charge is 1.91. The predicted molar refractivity (Wildman–Crippen MR) is 72.3 cm³/mol. The highest BCUT2D eigenvalue weighted by molar-refractivity contribution is 5.84. The summed E-state index contributed by atoms with van der Waals surface area (Å²) in [5.41, 5.74) is 1.22. The molecule has 2 rings (SSSR count). The van der Waals surface area contributed by atoms with Crippen molar-refractivity contribution in [2.75, 3.05) is 0 Å². The molecule has 2 aromatic rings. The van der Waals surface area contributed by atoms with E-state index in [0.717, 1.165) is 0 Å². The average Bonchev–Trinajstić information content (AvgIpc) is 2.34. The second kappa shape index (κ2) is 5.13. The Hall–Kier alpha value is -2.08. The predicted octanol–water partition coefficient (Wildman–Crippen LogP) is 4.60. The average molecular weight is 206 g/mol. The SMILES string of the molecule is C=CC=CC=Cc1ccc2ccccc2c1. The fourth-order valence-electron chi connectivity index (χ4n) is 1.62. The lowest BCUT2D eigenvalue weighted by Crippen LogP contribution is -1.74. The van der Waals surface area contributed by atoms with Gasteiger partial charge in [-0.15, -0.1) is 0 Å². The zero-order valence-electron chi connectivity index (χ0n) is 9.14. The Morgan fingerprint density at radius 1 is 0.812 bits per heavy atom. The first-order chi connectivity index (χ1) is 7.90. The van der Waals surface area contributed by atoms with Gasteiger partial charge in [-0.05, 0) is 22.4 Å². The smallest absolute Gasteiger partial charge is 0.0178 e. The Kier molecular flexibility index (Phi) is 3.35. The zero-order chi connectivity index (χ0) is 11.2. The summed E-state index contributed by atoms with van der Waals surface area (Å²) in [5, 5.41) is 2.55. The maximum Gasteiger partial charge on any atom is -0.0178 e.